The van der Waals surface area contributed by atoms with E-state index in [9.17, 15) is 58.5 Å². The third-order valence-electron chi connectivity index (χ3n) is 7.53. The van der Waals surface area contributed by atoms with Crippen molar-refractivity contribution in [3.05, 3.63) is 0 Å². The molecule has 0 heterocycles. The van der Waals surface area contributed by atoms with Gasteiger partial charge in [-0.1, -0.05) is 0 Å². The Kier molecular flexibility index (Phi) is 24.8. The van der Waals surface area contributed by atoms with Crippen LogP contribution in [0.15, 0.2) is 4.99 Å². The number of amides is 6. The van der Waals surface area contributed by atoms with Gasteiger partial charge in [-0.05, 0) is 70.4 Å². The predicted octanol–water partition coefficient (Wildman–Crippen LogP) is -4.77. The van der Waals surface area contributed by atoms with Gasteiger partial charge in [0.2, 0.25) is 35.4 Å². The van der Waals surface area contributed by atoms with Gasteiger partial charge in [0, 0.05) is 13.0 Å². The maximum absolute atomic E-state index is 13.6. The van der Waals surface area contributed by atoms with Gasteiger partial charge < -0.3 is 70.2 Å². The summed E-state index contributed by atoms with van der Waals surface area (Å²) in [5.41, 5.74) is 21.7. The second-order valence-electron chi connectivity index (χ2n) is 12.3. The van der Waals surface area contributed by atoms with Gasteiger partial charge in [-0.15, -0.1) is 0 Å². The van der Waals surface area contributed by atoms with Gasteiger partial charge in [-0.25, -0.2) is 4.79 Å². The van der Waals surface area contributed by atoms with E-state index in [1.54, 1.807) is 6.26 Å². The van der Waals surface area contributed by atoms with Crippen LogP contribution in [0.1, 0.15) is 64.7 Å². The number of thioether (sulfide) groups is 1. The average Bonchev–Trinajstić information content (AvgIpc) is 3.10. The van der Waals surface area contributed by atoms with Crippen LogP contribution >= 0.6 is 11.8 Å². The number of carbonyl (C=O) groups excluding carboxylic acids is 6. The molecule has 0 fully saturated rings. The number of carboxylic acid groups (broad SMARTS) is 3. The van der Waals surface area contributed by atoms with Crippen LogP contribution in [0.5, 0.6) is 0 Å². The Morgan fingerprint density at radius 1 is 0.655 bits per heavy atom. The SMILES string of the molecule is CSCC[C@H](NC(=O)[C@H](C)N)C(=O)N[C@@H](CCCCN)C(=O)N[C@@H](CCC(=O)O)C(=O)N[C@@H](CC(=O)O)C(=O)NCC(=O)N[C@@H](CCCN=C(N)N)C(=O)O. The summed E-state index contributed by atoms with van der Waals surface area (Å²) >= 11 is 1.40. The van der Waals surface area contributed by atoms with Crippen LogP contribution in [0.3, 0.4) is 0 Å². The summed E-state index contributed by atoms with van der Waals surface area (Å²) in [5.74, 6) is -9.64. The van der Waals surface area contributed by atoms with Crippen molar-refractivity contribution < 1.29 is 58.5 Å². The fraction of sp³-hybridized carbons (Fsp3) is 0.677. The first-order valence-corrected chi connectivity index (χ1v) is 18.7. The molecular weight excluding hydrogens is 750 g/mol. The number of carboxylic acids is 3. The second kappa shape index (κ2) is 27.4. The lowest BCUT2D eigenvalue weighted by atomic mass is 10.0. The molecule has 6 atom stereocenters. The van der Waals surface area contributed by atoms with Gasteiger partial charge in [-0.3, -0.25) is 43.3 Å². The van der Waals surface area contributed by atoms with Gasteiger partial charge in [-0.2, -0.15) is 11.8 Å². The van der Waals surface area contributed by atoms with Crippen molar-refractivity contribution in [1.82, 2.24) is 31.9 Å². The fourth-order valence-electron chi connectivity index (χ4n) is 4.60. The molecule has 0 unspecified atom stereocenters. The lowest BCUT2D eigenvalue weighted by Gasteiger charge is -2.26. The van der Waals surface area contributed by atoms with Crippen molar-refractivity contribution in [3.8, 4) is 0 Å². The van der Waals surface area contributed by atoms with Crippen LogP contribution in [0.25, 0.3) is 0 Å². The molecule has 0 aliphatic heterocycles. The Morgan fingerprint density at radius 3 is 1.67 bits per heavy atom. The van der Waals surface area contributed by atoms with Crippen molar-refractivity contribution in [2.75, 3.05) is 31.6 Å². The van der Waals surface area contributed by atoms with Gasteiger partial charge in [0.1, 0.15) is 30.2 Å². The van der Waals surface area contributed by atoms with E-state index in [0.29, 0.717) is 18.6 Å². The van der Waals surface area contributed by atoms with E-state index in [2.05, 4.69) is 36.9 Å². The normalized spacial score (nSPS) is 14.0. The first-order valence-electron chi connectivity index (χ1n) is 17.3. The Bertz CT molecular complexity index is 1360. The number of carbonyl (C=O) groups is 9. The molecule has 55 heavy (non-hydrogen) atoms. The number of unbranched alkanes of at least 4 members (excludes halogenated alkanes) is 1. The molecule has 0 aliphatic carbocycles. The molecule has 0 spiro atoms. The first kappa shape index (κ1) is 49.8. The van der Waals surface area contributed by atoms with Gasteiger partial charge >= 0.3 is 17.9 Å². The quantitative estimate of drug-likeness (QED) is 0.0192. The summed E-state index contributed by atoms with van der Waals surface area (Å²) in [6.45, 7) is 0.932. The van der Waals surface area contributed by atoms with E-state index in [-0.39, 0.29) is 44.7 Å². The number of hydrogen-bond acceptors (Lipinski definition) is 13. The highest BCUT2D eigenvalue weighted by Crippen LogP contribution is 2.08. The minimum absolute atomic E-state index is 0.0175. The smallest absolute Gasteiger partial charge is 0.326 e. The zero-order valence-electron chi connectivity index (χ0n) is 30.8. The number of aliphatic imine (C=N–C) groups is 1. The van der Waals surface area contributed by atoms with E-state index in [1.807, 2.05) is 0 Å². The van der Waals surface area contributed by atoms with E-state index >= 15 is 0 Å². The maximum atomic E-state index is 13.6. The van der Waals surface area contributed by atoms with E-state index in [0.717, 1.165) is 0 Å². The number of nitrogens with one attached hydrogen (secondary N) is 6. The van der Waals surface area contributed by atoms with Crippen molar-refractivity contribution in [1.29, 1.82) is 0 Å². The van der Waals surface area contributed by atoms with Crippen LogP contribution in [-0.2, 0) is 43.2 Å². The molecule has 0 rings (SSSR count). The van der Waals surface area contributed by atoms with Crippen molar-refractivity contribution in [3.63, 3.8) is 0 Å². The molecule has 0 saturated carbocycles. The summed E-state index contributed by atoms with van der Waals surface area (Å²) < 4.78 is 0. The number of nitrogens with zero attached hydrogens (tertiary/aromatic N) is 1. The zero-order valence-corrected chi connectivity index (χ0v) is 31.7. The van der Waals surface area contributed by atoms with Crippen LogP contribution < -0.4 is 54.8 Å². The minimum atomic E-state index is -1.84. The Balaban J connectivity index is 6.01. The lowest BCUT2D eigenvalue weighted by Crippen LogP contribution is -2.59. The van der Waals surface area contributed by atoms with Crippen LogP contribution in [0, 0.1) is 0 Å². The molecule has 0 bridgehead atoms. The Labute approximate surface area is 321 Å². The largest absolute Gasteiger partial charge is 0.481 e. The average molecular weight is 806 g/mol. The third-order valence-corrected chi connectivity index (χ3v) is 8.17. The summed E-state index contributed by atoms with van der Waals surface area (Å²) in [4.78, 5) is 116. The molecule has 0 radical (unpaired) electrons. The van der Waals surface area contributed by atoms with Crippen molar-refractivity contribution in [2.24, 2.45) is 27.9 Å². The number of nitrogens with two attached hydrogens (primary N) is 4. The van der Waals surface area contributed by atoms with Gasteiger partial charge in [0.25, 0.3) is 0 Å². The zero-order chi connectivity index (χ0) is 42.1. The molecule has 0 aliphatic rings. The summed E-state index contributed by atoms with van der Waals surface area (Å²) in [7, 11) is 0. The monoisotopic (exact) mass is 805 g/mol. The maximum Gasteiger partial charge on any atom is 0.326 e. The van der Waals surface area contributed by atoms with Crippen LogP contribution in [0.4, 0.5) is 0 Å². The first-order chi connectivity index (χ1) is 25.8. The molecular formula is C31H55N11O12S. The second-order valence-corrected chi connectivity index (χ2v) is 13.2. The highest BCUT2D eigenvalue weighted by molar-refractivity contribution is 7.98. The Hall–Kier alpha value is -5.23. The van der Waals surface area contributed by atoms with Gasteiger partial charge in [0.05, 0.1) is 19.0 Å². The standard InChI is InChI=1S/C31H55N11O12S/c1-16(33)25(48)39-19(10-13-55-2)29(52)40-17(6-3-4-11-32)27(50)41-18(8-9-23(44)45)28(51)42-21(14-24(46)47)26(49)37-15-22(43)38-20(30(53)54)7-5-12-36-31(34)35/h16-21H,3-15,32-33H2,1-2H3,(H,37,49)(H,38,43)(H,39,48)(H,40,52)(H,41,50)(H,42,51)(H,44,45)(H,46,47)(H,53,54)(H4,34,35,36)/t16-,17-,18-,19-,20-,21-/m0/s1. The topological polar surface area (TPSA) is 403 Å². The highest BCUT2D eigenvalue weighted by Gasteiger charge is 2.32. The number of guanidine groups is 1. The molecule has 312 valence electrons. The third kappa shape index (κ3) is 22.6. The highest BCUT2D eigenvalue weighted by atomic mass is 32.2. The summed E-state index contributed by atoms with van der Waals surface area (Å²) in [5, 5.41) is 42.0. The van der Waals surface area contributed by atoms with Gasteiger partial charge in [0.15, 0.2) is 5.96 Å². The predicted molar refractivity (Wildman–Crippen MR) is 199 cm³/mol. The van der Waals surface area contributed by atoms with Crippen molar-refractivity contribution in [2.45, 2.75) is 101 Å². The molecule has 0 aromatic rings. The number of aliphatic carboxylic acids is 3. The molecule has 24 heteroatoms. The molecule has 6 amide bonds. The van der Waals surface area contributed by atoms with E-state index in [4.69, 9.17) is 22.9 Å². The fourth-order valence-corrected chi connectivity index (χ4v) is 5.08. The molecule has 23 nitrogen and oxygen atoms in total. The minimum Gasteiger partial charge on any atom is -0.481 e. The van der Waals surface area contributed by atoms with E-state index < -0.39 is 115 Å². The van der Waals surface area contributed by atoms with Crippen LogP contribution in [0.2, 0.25) is 0 Å². The van der Waals surface area contributed by atoms with E-state index in [1.165, 1.54) is 18.7 Å². The summed E-state index contributed by atoms with van der Waals surface area (Å²) in [6, 6.07) is -8.21. The molecule has 17 N–H and O–H groups in total. The number of hydrogen-bond donors (Lipinski definition) is 13. The van der Waals surface area contributed by atoms with Crippen LogP contribution in [-0.4, -0.2) is 143 Å². The molecule has 0 aromatic carbocycles. The Morgan fingerprint density at radius 2 is 1.18 bits per heavy atom. The molecule has 0 saturated heterocycles. The number of rotatable bonds is 29. The molecule has 0 aromatic heterocycles. The van der Waals surface area contributed by atoms with Crippen molar-refractivity contribution >= 4 is 71.1 Å². The lowest BCUT2D eigenvalue weighted by molar-refractivity contribution is -0.143. The summed E-state index contributed by atoms with van der Waals surface area (Å²) in [6.07, 6.45) is 0.675.